The van der Waals surface area contributed by atoms with Gasteiger partial charge in [0.15, 0.2) is 0 Å². The maximum Gasteiger partial charge on any atom is 0.416 e. The average molecular weight is 549 g/mol. The summed E-state index contributed by atoms with van der Waals surface area (Å²) in [6.07, 6.45) is -4.28. The Hall–Kier alpha value is -3.47. The number of carbonyl (C=O) groups excluding carboxylic acids is 1. The highest BCUT2D eigenvalue weighted by molar-refractivity contribution is 5.76. The summed E-state index contributed by atoms with van der Waals surface area (Å²) in [4.78, 5) is 12.3. The van der Waals surface area contributed by atoms with E-state index < -0.39 is 29.6 Å². The molecule has 3 rings (SSSR count). The Kier molecular flexibility index (Phi) is 10.4. The average Bonchev–Trinajstić information content (AvgIpc) is 2.90. The van der Waals surface area contributed by atoms with Gasteiger partial charge in [-0.15, -0.1) is 0 Å². The van der Waals surface area contributed by atoms with Crippen LogP contribution in [0.5, 0.6) is 5.75 Å². The maximum atomic E-state index is 13.9. The predicted octanol–water partition coefficient (Wildman–Crippen LogP) is 4.55. The summed E-state index contributed by atoms with van der Waals surface area (Å²) in [6.45, 7) is 1.57. The molecule has 10 heteroatoms. The highest BCUT2D eigenvalue weighted by Gasteiger charge is 2.31. The number of aliphatic hydroxyl groups is 2. The first kappa shape index (κ1) is 30.1. The molecule has 3 aromatic rings. The van der Waals surface area contributed by atoms with Crippen LogP contribution in [0, 0.1) is 5.82 Å². The standard InChI is InChI=1S/C29H32F4N2O4/c1-18(34-16-27(38)21-6-9-26(37)23(13-21)17-36)11-20-4-2-3-19(12-20)5-10-28(39)35-15-22-14-24(29(31,32)33)7-8-25(22)30/h2-4,6-9,12-14,18,27,34,36-38H,5,10-11,15-17H2,1H3,(H,35,39)/t18-,27-/m1/s1. The Morgan fingerprint density at radius 1 is 1.00 bits per heavy atom. The lowest BCUT2D eigenvalue weighted by Gasteiger charge is -2.18. The summed E-state index contributed by atoms with van der Waals surface area (Å²) in [5.41, 5.74) is 1.63. The molecule has 0 saturated carbocycles. The summed E-state index contributed by atoms with van der Waals surface area (Å²) >= 11 is 0. The third kappa shape index (κ3) is 9.05. The number of benzene rings is 3. The van der Waals surface area contributed by atoms with E-state index in [2.05, 4.69) is 10.6 Å². The summed E-state index contributed by atoms with van der Waals surface area (Å²) in [7, 11) is 0. The summed E-state index contributed by atoms with van der Waals surface area (Å²) in [5, 5.41) is 35.2. The zero-order valence-corrected chi connectivity index (χ0v) is 21.4. The molecular formula is C29H32F4N2O4. The number of aromatic hydroxyl groups is 1. The van der Waals surface area contributed by atoms with E-state index in [0.717, 1.165) is 17.2 Å². The lowest BCUT2D eigenvalue weighted by Crippen LogP contribution is -2.32. The lowest BCUT2D eigenvalue weighted by atomic mass is 10.0. The summed E-state index contributed by atoms with van der Waals surface area (Å²) < 4.78 is 52.5. The molecular weight excluding hydrogens is 516 g/mol. The molecule has 3 aromatic carbocycles. The molecule has 6 nitrogen and oxygen atoms in total. The predicted molar refractivity (Wildman–Crippen MR) is 138 cm³/mol. The minimum absolute atomic E-state index is 0.00924. The SMILES string of the molecule is C[C@H](Cc1cccc(CCC(=O)NCc2cc(C(F)(F)F)ccc2F)c1)NC[C@@H](O)c1ccc(O)c(CO)c1. The monoisotopic (exact) mass is 548 g/mol. The second-order valence-electron chi connectivity index (χ2n) is 9.48. The Morgan fingerprint density at radius 2 is 1.74 bits per heavy atom. The van der Waals surface area contributed by atoms with E-state index in [4.69, 9.17) is 0 Å². The van der Waals surface area contributed by atoms with Crippen molar-refractivity contribution in [2.45, 2.75) is 57.7 Å². The molecule has 0 fully saturated rings. The van der Waals surface area contributed by atoms with Gasteiger partial charge in [0.25, 0.3) is 0 Å². The van der Waals surface area contributed by atoms with E-state index in [1.165, 1.54) is 6.07 Å². The van der Waals surface area contributed by atoms with Gasteiger partial charge in [0.05, 0.1) is 18.3 Å². The van der Waals surface area contributed by atoms with Crippen molar-refractivity contribution in [3.05, 3.63) is 99.9 Å². The molecule has 2 atom stereocenters. The number of carbonyl (C=O) groups is 1. The van der Waals surface area contributed by atoms with Gasteiger partial charge in [-0.3, -0.25) is 4.79 Å². The minimum Gasteiger partial charge on any atom is -0.508 e. The van der Waals surface area contributed by atoms with E-state index in [0.29, 0.717) is 36.1 Å². The van der Waals surface area contributed by atoms with Crippen molar-refractivity contribution in [1.82, 2.24) is 10.6 Å². The smallest absolute Gasteiger partial charge is 0.416 e. The first-order valence-electron chi connectivity index (χ1n) is 12.5. The van der Waals surface area contributed by atoms with Crippen LogP contribution in [0.2, 0.25) is 0 Å². The molecule has 210 valence electrons. The largest absolute Gasteiger partial charge is 0.508 e. The molecule has 0 radical (unpaired) electrons. The second-order valence-corrected chi connectivity index (χ2v) is 9.48. The van der Waals surface area contributed by atoms with Gasteiger partial charge in [-0.05, 0) is 66.8 Å². The molecule has 0 aliphatic rings. The van der Waals surface area contributed by atoms with Crippen LogP contribution in [0.1, 0.15) is 52.8 Å². The van der Waals surface area contributed by atoms with Crippen LogP contribution >= 0.6 is 0 Å². The molecule has 0 aromatic heterocycles. The number of hydrogen-bond acceptors (Lipinski definition) is 5. The van der Waals surface area contributed by atoms with E-state index in [1.807, 2.05) is 31.2 Å². The summed E-state index contributed by atoms with van der Waals surface area (Å²) in [6, 6.07) is 14.3. The Bertz CT molecular complexity index is 1270. The number of phenols is 1. The van der Waals surface area contributed by atoms with Crippen molar-refractivity contribution >= 4 is 5.91 Å². The topological polar surface area (TPSA) is 102 Å². The number of alkyl halides is 3. The highest BCUT2D eigenvalue weighted by atomic mass is 19.4. The van der Waals surface area contributed by atoms with Crippen molar-refractivity contribution in [2.75, 3.05) is 6.54 Å². The second kappa shape index (κ2) is 13.5. The van der Waals surface area contributed by atoms with Crippen LogP contribution in [0.25, 0.3) is 0 Å². The normalized spacial score (nSPS) is 13.2. The van der Waals surface area contributed by atoms with E-state index in [1.54, 1.807) is 12.1 Å². The van der Waals surface area contributed by atoms with Crippen molar-refractivity contribution in [3.8, 4) is 5.75 Å². The fourth-order valence-corrected chi connectivity index (χ4v) is 4.13. The number of hydrogen-bond donors (Lipinski definition) is 5. The number of aryl methyl sites for hydroxylation is 1. The number of aliphatic hydroxyl groups excluding tert-OH is 2. The minimum atomic E-state index is -4.60. The third-order valence-corrected chi connectivity index (χ3v) is 6.34. The fraction of sp³-hybridized carbons (Fsp3) is 0.345. The zero-order chi connectivity index (χ0) is 28.6. The first-order valence-corrected chi connectivity index (χ1v) is 12.5. The van der Waals surface area contributed by atoms with Gasteiger partial charge in [-0.2, -0.15) is 13.2 Å². The number of nitrogens with one attached hydrogen (secondary N) is 2. The molecule has 0 spiro atoms. The first-order chi connectivity index (χ1) is 18.5. The van der Waals surface area contributed by atoms with E-state index in [9.17, 15) is 37.7 Å². The van der Waals surface area contributed by atoms with E-state index >= 15 is 0 Å². The number of amides is 1. The van der Waals surface area contributed by atoms with Gasteiger partial charge < -0.3 is 26.0 Å². The molecule has 0 aliphatic carbocycles. The molecule has 0 saturated heterocycles. The van der Waals surface area contributed by atoms with E-state index in [-0.39, 0.29) is 43.5 Å². The van der Waals surface area contributed by atoms with Crippen molar-refractivity contribution in [1.29, 1.82) is 0 Å². The molecule has 5 N–H and O–H groups in total. The van der Waals surface area contributed by atoms with Crippen LogP contribution in [-0.4, -0.2) is 33.8 Å². The zero-order valence-electron chi connectivity index (χ0n) is 21.4. The van der Waals surface area contributed by atoms with Gasteiger partial charge in [0.1, 0.15) is 11.6 Å². The van der Waals surface area contributed by atoms with Crippen LogP contribution < -0.4 is 10.6 Å². The van der Waals surface area contributed by atoms with Crippen LogP contribution in [0.15, 0.2) is 60.7 Å². The number of halogens is 4. The summed E-state index contributed by atoms with van der Waals surface area (Å²) in [5.74, 6) is -1.25. The van der Waals surface area contributed by atoms with Gasteiger partial charge in [-0.25, -0.2) is 4.39 Å². The molecule has 0 aliphatic heterocycles. The molecule has 39 heavy (non-hydrogen) atoms. The van der Waals surface area contributed by atoms with Crippen LogP contribution in [0.4, 0.5) is 17.6 Å². The Morgan fingerprint density at radius 3 is 2.46 bits per heavy atom. The van der Waals surface area contributed by atoms with Gasteiger partial charge in [-0.1, -0.05) is 30.3 Å². The lowest BCUT2D eigenvalue weighted by molar-refractivity contribution is -0.137. The highest BCUT2D eigenvalue weighted by Crippen LogP contribution is 2.30. The van der Waals surface area contributed by atoms with Gasteiger partial charge in [0, 0.05) is 36.7 Å². The van der Waals surface area contributed by atoms with Crippen molar-refractivity contribution < 1.29 is 37.7 Å². The quantitative estimate of drug-likeness (QED) is 0.214. The van der Waals surface area contributed by atoms with Crippen molar-refractivity contribution in [3.63, 3.8) is 0 Å². The Labute approximate surface area is 224 Å². The Balaban J connectivity index is 1.46. The molecule has 0 heterocycles. The van der Waals surface area contributed by atoms with Crippen LogP contribution in [0.3, 0.4) is 0 Å². The van der Waals surface area contributed by atoms with Crippen LogP contribution in [-0.2, 0) is 37.0 Å². The van der Waals surface area contributed by atoms with Gasteiger partial charge >= 0.3 is 6.18 Å². The molecule has 0 bridgehead atoms. The molecule has 1 amide bonds. The third-order valence-electron chi connectivity index (χ3n) is 6.34. The maximum absolute atomic E-state index is 13.9. The number of rotatable bonds is 12. The molecule has 0 unspecified atom stereocenters. The van der Waals surface area contributed by atoms with Gasteiger partial charge in [0.2, 0.25) is 5.91 Å². The fourth-order valence-electron chi connectivity index (χ4n) is 4.13. The van der Waals surface area contributed by atoms with Crippen molar-refractivity contribution in [2.24, 2.45) is 0 Å².